The first-order valence-electron chi connectivity index (χ1n) is 6.38. The van der Waals surface area contributed by atoms with E-state index in [-0.39, 0.29) is 18.6 Å². The van der Waals surface area contributed by atoms with E-state index in [1.165, 1.54) is 11.6 Å². The number of esters is 1. The molecule has 21 heavy (non-hydrogen) atoms. The molecule has 0 aliphatic heterocycles. The van der Waals surface area contributed by atoms with Crippen molar-refractivity contribution in [3.8, 4) is 0 Å². The highest BCUT2D eigenvalue weighted by Crippen LogP contribution is 2.25. The Hall–Kier alpha value is -2.70. The number of hydrogen-bond acceptors (Lipinski definition) is 5. The maximum Gasteiger partial charge on any atom is 0.338 e. The molecule has 0 atom stereocenters. The lowest BCUT2D eigenvalue weighted by atomic mass is 10.0. The summed E-state index contributed by atoms with van der Waals surface area (Å²) >= 11 is 0. The Kier molecular flexibility index (Phi) is 4.02. The highest BCUT2D eigenvalue weighted by molar-refractivity contribution is 5.89. The Morgan fingerprint density at radius 1 is 1.38 bits per heavy atom. The zero-order valence-corrected chi connectivity index (χ0v) is 11.7. The first-order valence-corrected chi connectivity index (χ1v) is 6.38. The number of hydrogen-bond donors (Lipinski definition) is 0. The van der Waals surface area contributed by atoms with Gasteiger partial charge in [0.15, 0.2) is 0 Å². The fraction of sp³-hybridized carbons (Fsp3) is 0.286. The fourth-order valence-electron chi connectivity index (χ4n) is 2.27. The van der Waals surface area contributed by atoms with E-state index in [2.05, 4.69) is 0 Å². The van der Waals surface area contributed by atoms with E-state index in [9.17, 15) is 19.7 Å². The van der Waals surface area contributed by atoms with Gasteiger partial charge in [0.2, 0.25) is 0 Å². The molecule has 0 saturated heterocycles. The Balaban J connectivity index is 2.78. The van der Waals surface area contributed by atoms with Crippen molar-refractivity contribution >= 4 is 22.6 Å². The van der Waals surface area contributed by atoms with Gasteiger partial charge in [0.05, 0.1) is 29.0 Å². The third-order valence-electron chi connectivity index (χ3n) is 3.19. The van der Waals surface area contributed by atoms with Gasteiger partial charge in [-0.25, -0.2) is 0 Å². The molecule has 0 N–H and O–H groups in total. The number of carbonyl (C=O) groups excluding carboxylic acids is 1. The molecule has 0 fully saturated rings. The molecule has 1 heterocycles. The molecule has 0 saturated carbocycles. The maximum atomic E-state index is 12.2. The molecular formula is C14H14N2O5. The van der Waals surface area contributed by atoms with Crippen LogP contribution >= 0.6 is 0 Å². The monoisotopic (exact) mass is 290 g/mol. The number of pyridine rings is 1. The first-order chi connectivity index (χ1) is 9.97. The van der Waals surface area contributed by atoms with Crippen molar-refractivity contribution in [2.75, 3.05) is 6.61 Å². The van der Waals surface area contributed by atoms with E-state index in [1.807, 2.05) is 0 Å². The first kappa shape index (κ1) is 14.7. The number of nitro groups is 1. The molecular weight excluding hydrogens is 276 g/mol. The van der Waals surface area contributed by atoms with E-state index in [0.717, 1.165) is 0 Å². The van der Waals surface area contributed by atoms with Crippen LogP contribution in [0.2, 0.25) is 0 Å². The maximum absolute atomic E-state index is 12.2. The van der Waals surface area contributed by atoms with Crippen molar-refractivity contribution in [1.29, 1.82) is 0 Å². The van der Waals surface area contributed by atoms with Gasteiger partial charge in [0.25, 0.3) is 0 Å². The van der Waals surface area contributed by atoms with E-state index >= 15 is 0 Å². The number of para-hydroxylation sites is 1. The standard InChI is InChI=1S/C14H14N2O5/c1-3-21-12(17)8-10-9-6-4-5-7-11(9)15(2)14(18)13(10)16(19)20/h4-7H,3,8H2,1-2H3. The summed E-state index contributed by atoms with van der Waals surface area (Å²) in [4.78, 5) is 34.3. The van der Waals surface area contributed by atoms with E-state index < -0.39 is 22.1 Å². The SMILES string of the molecule is CCOC(=O)Cc1c([N+](=O)[O-])c(=O)n(C)c2ccccc12. The van der Waals surface area contributed by atoms with Gasteiger partial charge in [-0.3, -0.25) is 19.7 Å². The topological polar surface area (TPSA) is 91.4 Å². The molecule has 0 amide bonds. The Morgan fingerprint density at radius 2 is 2.05 bits per heavy atom. The minimum atomic E-state index is -0.747. The lowest BCUT2D eigenvalue weighted by Gasteiger charge is -2.10. The number of benzene rings is 1. The van der Waals surface area contributed by atoms with Crippen LogP contribution in [0.1, 0.15) is 12.5 Å². The molecule has 2 rings (SSSR count). The predicted molar refractivity (Wildman–Crippen MR) is 76.2 cm³/mol. The lowest BCUT2D eigenvalue weighted by molar-refractivity contribution is -0.387. The third kappa shape index (κ3) is 2.62. The quantitative estimate of drug-likeness (QED) is 0.484. The van der Waals surface area contributed by atoms with E-state index in [1.54, 1.807) is 31.2 Å². The minimum Gasteiger partial charge on any atom is -0.466 e. The van der Waals surface area contributed by atoms with Crippen molar-refractivity contribution in [3.05, 3.63) is 50.3 Å². The molecule has 2 aromatic rings. The van der Waals surface area contributed by atoms with E-state index in [4.69, 9.17) is 4.74 Å². The average molecular weight is 290 g/mol. The minimum absolute atomic E-state index is 0.0946. The Bertz CT molecular complexity index is 779. The zero-order valence-electron chi connectivity index (χ0n) is 11.7. The summed E-state index contributed by atoms with van der Waals surface area (Å²) in [5, 5.41) is 11.7. The van der Waals surface area contributed by atoms with E-state index in [0.29, 0.717) is 10.9 Å². The van der Waals surface area contributed by atoms with Crippen molar-refractivity contribution < 1.29 is 14.5 Å². The number of carbonyl (C=O) groups is 1. The number of rotatable bonds is 4. The second-order valence-electron chi connectivity index (χ2n) is 4.45. The number of aromatic nitrogens is 1. The highest BCUT2D eigenvalue weighted by Gasteiger charge is 2.26. The van der Waals surface area contributed by atoms with Crippen molar-refractivity contribution in [1.82, 2.24) is 4.57 Å². The Morgan fingerprint density at radius 3 is 2.67 bits per heavy atom. The smallest absolute Gasteiger partial charge is 0.338 e. The number of nitrogens with zero attached hydrogens (tertiary/aromatic N) is 2. The van der Waals surface area contributed by atoms with Crippen LogP contribution in [-0.4, -0.2) is 22.1 Å². The van der Waals surface area contributed by atoms with Crippen LogP contribution in [0.15, 0.2) is 29.1 Å². The zero-order chi connectivity index (χ0) is 15.6. The van der Waals surface area contributed by atoms with Crippen LogP contribution in [0.3, 0.4) is 0 Å². The van der Waals surface area contributed by atoms with Gasteiger partial charge < -0.3 is 9.30 Å². The van der Waals surface area contributed by atoms with Crippen molar-refractivity contribution in [3.63, 3.8) is 0 Å². The molecule has 0 aliphatic rings. The summed E-state index contributed by atoms with van der Waals surface area (Å²) in [6.45, 7) is 1.82. The predicted octanol–water partition coefficient (Wildman–Crippen LogP) is 1.55. The van der Waals surface area contributed by atoms with Gasteiger partial charge in [0.1, 0.15) is 0 Å². The molecule has 1 aromatic heterocycles. The van der Waals surface area contributed by atoms with Crippen LogP contribution < -0.4 is 5.56 Å². The molecule has 110 valence electrons. The summed E-state index contributed by atoms with van der Waals surface area (Å²) in [6, 6.07) is 6.75. The average Bonchev–Trinajstić information content (AvgIpc) is 2.44. The molecule has 1 aromatic carbocycles. The van der Waals surface area contributed by atoms with Crippen LogP contribution in [-0.2, 0) is 23.0 Å². The number of ether oxygens (including phenoxy) is 1. The van der Waals surface area contributed by atoms with Gasteiger partial charge in [0, 0.05) is 12.4 Å². The second kappa shape index (κ2) is 5.74. The van der Waals surface area contributed by atoms with Gasteiger partial charge >= 0.3 is 17.2 Å². The third-order valence-corrected chi connectivity index (χ3v) is 3.19. The number of fused-ring (bicyclic) bond motifs is 1. The molecule has 7 nitrogen and oxygen atoms in total. The largest absolute Gasteiger partial charge is 0.466 e. The molecule has 0 bridgehead atoms. The number of aryl methyl sites for hydroxylation is 1. The van der Waals surface area contributed by atoms with Crippen molar-refractivity contribution in [2.45, 2.75) is 13.3 Å². The van der Waals surface area contributed by atoms with Gasteiger partial charge in [-0.05, 0) is 13.0 Å². The summed E-state index contributed by atoms with van der Waals surface area (Å²) < 4.78 is 6.04. The highest BCUT2D eigenvalue weighted by atomic mass is 16.6. The van der Waals surface area contributed by atoms with Crippen LogP contribution in [0.25, 0.3) is 10.9 Å². The molecule has 0 unspecified atom stereocenters. The summed E-state index contributed by atoms with van der Waals surface area (Å²) in [7, 11) is 1.46. The second-order valence-corrected chi connectivity index (χ2v) is 4.45. The molecule has 0 aliphatic carbocycles. The van der Waals surface area contributed by atoms with Crippen LogP contribution in [0.4, 0.5) is 5.69 Å². The van der Waals surface area contributed by atoms with Gasteiger partial charge in [-0.15, -0.1) is 0 Å². The summed E-state index contributed by atoms with van der Waals surface area (Å²) in [6.07, 6.45) is -0.305. The summed E-state index contributed by atoms with van der Waals surface area (Å²) in [5.74, 6) is -0.598. The lowest BCUT2D eigenvalue weighted by Crippen LogP contribution is -2.23. The Labute approximate surface area is 119 Å². The summed E-state index contributed by atoms with van der Waals surface area (Å²) in [5.41, 5.74) is -0.688. The van der Waals surface area contributed by atoms with Gasteiger partial charge in [-0.2, -0.15) is 0 Å². The van der Waals surface area contributed by atoms with Crippen molar-refractivity contribution in [2.24, 2.45) is 7.05 Å². The fourth-order valence-corrected chi connectivity index (χ4v) is 2.27. The van der Waals surface area contributed by atoms with Crippen LogP contribution in [0.5, 0.6) is 0 Å². The molecule has 7 heteroatoms. The normalized spacial score (nSPS) is 10.6. The molecule has 0 spiro atoms. The van der Waals surface area contributed by atoms with Gasteiger partial charge in [-0.1, -0.05) is 18.2 Å². The molecule has 0 radical (unpaired) electrons. The van der Waals surface area contributed by atoms with Crippen LogP contribution in [0, 0.1) is 10.1 Å².